The van der Waals surface area contributed by atoms with Crippen molar-refractivity contribution in [2.45, 2.75) is 38.2 Å². The maximum Gasteiger partial charge on any atom is 0.112 e. The zero-order valence-electron chi connectivity index (χ0n) is 15.8. The summed E-state index contributed by atoms with van der Waals surface area (Å²) in [6.07, 6.45) is 4.35. The van der Waals surface area contributed by atoms with Crippen LogP contribution in [0.4, 0.5) is 0 Å². The van der Waals surface area contributed by atoms with Gasteiger partial charge in [0.2, 0.25) is 0 Å². The van der Waals surface area contributed by atoms with E-state index in [1.807, 2.05) is 18.2 Å². The van der Waals surface area contributed by atoms with E-state index in [0.717, 1.165) is 40.1 Å². The Morgan fingerprint density at radius 2 is 2.04 bits per heavy atom. The zero-order chi connectivity index (χ0) is 19.1. The molecule has 4 aromatic rings. The SMILES string of the molecule is Cn1c(CCCOCc2ccccc2)nc2c(C3CC3)nc3cc(Br)sc3c21. The normalized spacial score (nSPS) is 14.4. The molecule has 0 N–H and O–H groups in total. The summed E-state index contributed by atoms with van der Waals surface area (Å²) in [5.41, 5.74) is 5.84. The number of imidazole rings is 1. The summed E-state index contributed by atoms with van der Waals surface area (Å²) in [7, 11) is 2.14. The van der Waals surface area contributed by atoms with E-state index in [1.54, 1.807) is 11.3 Å². The second-order valence-corrected chi connectivity index (χ2v) is 9.89. The number of ether oxygens (including phenoxy) is 1. The van der Waals surface area contributed by atoms with Gasteiger partial charge in [0.05, 0.1) is 31.8 Å². The first kappa shape index (κ1) is 18.3. The van der Waals surface area contributed by atoms with Crippen molar-refractivity contribution < 1.29 is 4.74 Å². The summed E-state index contributed by atoms with van der Waals surface area (Å²) in [6, 6.07) is 12.5. The van der Waals surface area contributed by atoms with Gasteiger partial charge in [-0.2, -0.15) is 0 Å². The molecule has 1 saturated carbocycles. The van der Waals surface area contributed by atoms with Crippen LogP contribution in [0.15, 0.2) is 40.2 Å². The minimum atomic E-state index is 0.586. The van der Waals surface area contributed by atoms with Gasteiger partial charge >= 0.3 is 0 Å². The van der Waals surface area contributed by atoms with Gasteiger partial charge in [0, 0.05) is 26.0 Å². The molecule has 28 heavy (non-hydrogen) atoms. The Balaban J connectivity index is 1.35. The Labute approximate surface area is 176 Å². The molecule has 144 valence electrons. The molecule has 0 saturated heterocycles. The highest BCUT2D eigenvalue weighted by Crippen LogP contribution is 2.45. The minimum absolute atomic E-state index is 0.586. The molecule has 0 amide bonds. The number of rotatable bonds is 7. The number of pyridine rings is 1. The van der Waals surface area contributed by atoms with Gasteiger partial charge in [0.25, 0.3) is 0 Å². The standard InChI is InChI=1S/C22H22BrN3OS/c1-26-18(8-5-11-27-13-14-6-3-2-4-7-14)25-20-19(15-9-10-15)24-16-12-17(23)28-22(16)21(20)26/h2-4,6-7,12,15H,5,8-11,13H2,1H3. The van der Waals surface area contributed by atoms with Crippen molar-refractivity contribution >= 4 is 48.5 Å². The summed E-state index contributed by atoms with van der Waals surface area (Å²) in [5, 5.41) is 0. The van der Waals surface area contributed by atoms with Crippen LogP contribution in [0.5, 0.6) is 0 Å². The minimum Gasteiger partial charge on any atom is -0.377 e. The van der Waals surface area contributed by atoms with Crippen LogP contribution in [0.25, 0.3) is 21.3 Å². The van der Waals surface area contributed by atoms with E-state index in [2.05, 4.69) is 45.7 Å². The van der Waals surface area contributed by atoms with E-state index in [-0.39, 0.29) is 0 Å². The maximum absolute atomic E-state index is 5.85. The van der Waals surface area contributed by atoms with Crippen LogP contribution in [-0.2, 0) is 24.8 Å². The molecule has 1 aliphatic carbocycles. The highest BCUT2D eigenvalue weighted by atomic mass is 79.9. The van der Waals surface area contributed by atoms with Gasteiger partial charge in [-0.3, -0.25) is 0 Å². The molecule has 1 fully saturated rings. The molecule has 0 spiro atoms. The lowest BCUT2D eigenvalue weighted by atomic mass is 10.2. The van der Waals surface area contributed by atoms with Crippen LogP contribution in [0.1, 0.15) is 42.3 Å². The fourth-order valence-electron chi connectivity index (χ4n) is 3.73. The first-order valence-electron chi connectivity index (χ1n) is 9.76. The molecule has 1 aromatic carbocycles. The van der Waals surface area contributed by atoms with Gasteiger partial charge in [-0.15, -0.1) is 11.3 Å². The number of hydrogen-bond acceptors (Lipinski definition) is 4. The smallest absolute Gasteiger partial charge is 0.112 e. The molecule has 0 atom stereocenters. The molecular weight excluding hydrogens is 434 g/mol. The lowest BCUT2D eigenvalue weighted by Crippen LogP contribution is -2.02. The molecule has 0 bridgehead atoms. The summed E-state index contributed by atoms with van der Waals surface area (Å²) < 4.78 is 10.5. The monoisotopic (exact) mass is 455 g/mol. The average molecular weight is 456 g/mol. The third-order valence-corrected chi connectivity index (χ3v) is 6.97. The summed E-state index contributed by atoms with van der Waals surface area (Å²) in [5.74, 6) is 1.71. The predicted molar refractivity (Wildman–Crippen MR) is 118 cm³/mol. The van der Waals surface area contributed by atoms with Gasteiger partial charge in [0.1, 0.15) is 11.3 Å². The van der Waals surface area contributed by atoms with Gasteiger partial charge < -0.3 is 9.30 Å². The molecule has 0 aliphatic heterocycles. The molecule has 1 aliphatic rings. The van der Waals surface area contributed by atoms with E-state index in [9.17, 15) is 0 Å². The Morgan fingerprint density at radius 1 is 1.21 bits per heavy atom. The molecule has 5 rings (SSSR count). The van der Waals surface area contributed by atoms with Crippen LogP contribution in [0, 0.1) is 0 Å². The number of benzene rings is 1. The average Bonchev–Trinajstić information content (AvgIpc) is 3.40. The van der Waals surface area contributed by atoms with Crippen molar-refractivity contribution in [2.24, 2.45) is 7.05 Å². The third kappa shape index (κ3) is 3.49. The molecule has 6 heteroatoms. The topological polar surface area (TPSA) is 39.9 Å². The van der Waals surface area contributed by atoms with Crippen molar-refractivity contribution in [3.8, 4) is 0 Å². The van der Waals surface area contributed by atoms with E-state index in [4.69, 9.17) is 14.7 Å². The summed E-state index contributed by atoms with van der Waals surface area (Å²) in [4.78, 5) is 9.99. The molecule has 3 heterocycles. The van der Waals surface area contributed by atoms with Crippen LogP contribution in [-0.4, -0.2) is 21.1 Å². The van der Waals surface area contributed by atoms with E-state index < -0.39 is 0 Å². The van der Waals surface area contributed by atoms with Gasteiger partial charge in [-0.05, 0) is 46.8 Å². The first-order valence-corrected chi connectivity index (χ1v) is 11.4. The van der Waals surface area contributed by atoms with E-state index in [1.165, 1.54) is 34.3 Å². The van der Waals surface area contributed by atoms with Crippen molar-refractivity contribution in [1.29, 1.82) is 0 Å². The Bertz CT molecular complexity index is 1130. The molecule has 0 unspecified atom stereocenters. The predicted octanol–water partition coefficient (Wildman–Crippen LogP) is 5.97. The van der Waals surface area contributed by atoms with Crippen LogP contribution < -0.4 is 0 Å². The van der Waals surface area contributed by atoms with E-state index >= 15 is 0 Å². The second kappa shape index (κ2) is 7.58. The van der Waals surface area contributed by atoms with Gasteiger partial charge in [-0.25, -0.2) is 9.97 Å². The van der Waals surface area contributed by atoms with Crippen molar-refractivity contribution in [2.75, 3.05) is 6.61 Å². The van der Waals surface area contributed by atoms with Crippen LogP contribution >= 0.6 is 27.3 Å². The lowest BCUT2D eigenvalue weighted by Gasteiger charge is -2.05. The number of halogens is 1. The first-order chi connectivity index (χ1) is 13.7. The Kier molecular flexibility index (Phi) is 4.95. The zero-order valence-corrected chi connectivity index (χ0v) is 18.2. The highest BCUT2D eigenvalue weighted by molar-refractivity contribution is 9.11. The number of aryl methyl sites for hydroxylation is 2. The number of hydrogen-bond donors (Lipinski definition) is 0. The van der Waals surface area contributed by atoms with Crippen LogP contribution in [0.3, 0.4) is 0 Å². The lowest BCUT2D eigenvalue weighted by molar-refractivity contribution is 0.118. The van der Waals surface area contributed by atoms with Crippen molar-refractivity contribution in [1.82, 2.24) is 14.5 Å². The number of aromatic nitrogens is 3. The number of fused-ring (bicyclic) bond motifs is 3. The molecule has 3 aromatic heterocycles. The fourth-order valence-corrected chi connectivity index (χ4v) is 5.34. The third-order valence-electron chi connectivity index (χ3n) is 5.33. The maximum atomic E-state index is 5.85. The summed E-state index contributed by atoms with van der Waals surface area (Å²) in [6.45, 7) is 1.41. The number of nitrogens with zero attached hydrogens (tertiary/aromatic N) is 3. The number of thiophene rings is 1. The quantitative estimate of drug-likeness (QED) is 0.322. The Hall–Kier alpha value is -1.76. The van der Waals surface area contributed by atoms with Gasteiger partial charge in [-0.1, -0.05) is 30.3 Å². The largest absolute Gasteiger partial charge is 0.377 e. The van der Waals surface area contributed by atoms with Crippen molar-refractivity contribution in [3.05, 3.63) is 57.3 Å². The Morgan fingerprint density at radius 3 is 2.82 bits per heavy atom. The summed E-state index contributed by atoms with van der Waals surface area (Å²) >= 11 is 5.38. The van der Waals surface area contributed by atoms with Gasteiger partial charge in [0.15, 0.2) is 0 Å². The fraction of sp³-hybridized carbons (Fsp3) is 0.364. The molecule has 0 radical (unpaired) electrons. The van der Waals surface area contributed by atoms with E-state index in [0.29, 0.717) is 12.5 Å². The molecule has 4 nitrogen and oxygen atoms in total. The second-order valence-electron chi connectivity index (χ2n) is 7.46. The highest BCUT2D eigenvalue weighted by Gasteiger charge is 2.30. The van der Waals surface area contributed by atoms with Crippen molar-refractivity contribution in [3.63, 3.8) is 0 Å². The molecular formula is C22H22BrN3OS. The van der Waals surface area contributed by atoms with Crippen LogP contribution in [0.2, 0.25) is 0 Å².